The quantitative estimate of drug-likeness (QED) is 0.547. The molecule has 28 heavy (non-hydrogen) atoms. The van der Waals surface area contributed by atoms with Crippen LogP contribution in [0.25, 0.3) is 10.2 Å². The van der Waals surface area contributed by atoms with Gasteiger partial charge < -0.3 is 20.1 Å². The number of hydrogen-bond acceptors (Lipinski definition) is 8. The molecule has 2 rings (SSSR count). The molecule has 0 aliphatic rings. The first-order valence-corrected chi connectivity index (χ1v) is 8.65. The van der Waals surface area contributed by atoms with Crippen molar-refractivity contribution in [2.45, 2.75) is 25.7 Å². The van der Waals surface area contributed by atoms with E-state index >= 15 is 0 Å². The third kappa shape index (κ3) is 4.16. The van der Waals surface area contributed by atoms with Gasteiger partial charge in [-0.3, -0.25) is 4.79 Å². The van der Waals surface area contributed by atoms with Gasteiger partial charge >= 0.3 is 23.8 Å². The summed E-state index contributed by atoms with van der Waals surface area (Å²) >= 11 is 0.756. The van der Waals surface area contributed by atoms with Crippen LogP contribution in [0.4, 0.5) is 18.3 Å². The molecule has 1 aromatic heterocycles. The second kappa shape index (κ2) is 8.00. The predicted octanol–water partition coefficient (Wildman–Crippen LogP) is 2.45. The molecule has 12 heteroatoms. The number of carbonyl (C=O) groups excluding carboxylic acids is 3. The molecule has 0 fully saturated rings. The highest BCUT2D eigenvalue weighted by Crippen LogP contribution is 2.36. The third-order valence-electron chi connectivity index (χ3n) is 3.47. The molecule has 1 aromatic carbocycles. The fourth-order valence-corrected chi connectivity index (χ4v) is 3.25. The number of thiazole rings is 1. The summed E-state index contributed by atoms with van der Waals surface area (Å²) < 4.78 is 50.6. The minimum atomic E-state index is -5.24. The van der Waals surface area contributed by atoms with Gasteiger partial charge in [0.2, 0.25) is 5.91 Å². The van der Waals surface area contributed by atoms with Gasteiger partial charge in [0, 0.05) is 6.92 Å². The molecule has 0 aliphatic carbocycles. The van der Waals surface area contributed by atoms with E-state index in [9.17, 15) is 27.6 Å². The molecule has 2 aromatic rings. The van der Waals surface area contributed by atoms with Crippen LogP contribution in [-0.4, -0.2) is 48.4 Å². The van der Waals surface area contributed by atoms with Gasteiger partial charge in [0.1, 0.15) is 0 Å². The van der Waals surface area contributed by atoms with E-state index < -0.39 is 29.7 Å². The van der Waals surface area contributed by atoms with Gasteiger partial charge in [0.25, 0.3) is 0 Å². The Balaban J connectivity index is 2.48. The van der Waals surface area contributed by atoms with Crippen molar-refractivity contribution < 1.29 is 37.0 Å². The number of rotatable bonds is 6. The fraction of sp³-hybridized carbons (Fsp3) is 0.375. The Bertz CT molecular complexity index is 915. The number of alkyl halides is 3. The van der Waals surface area contributed by atoms with Crippen LogP contribution >= 0.6 is 11.3 Å². The number of carbonyl (C=O) groups is 3. The first-order chi connectivity index (χ1) is 13.0. The maximum absolute atomic E-state index is 13.7. The lowest BCUT2D eigenvalue weighted by Gasteiger charge is -2.33. The van der Waals surface area contributed by atoms with Crippen molar-refractivity contribution in [3.8, 4) is 0 Å². The number of methoxy groups -OCH3 is 1. The van der Waals surface area contributed by atoms with E-state index in [1.807, 2.05) is 5.32 Å². The van der Waals surface area contributed by atoms with Crippen LogP contribution in [0.3, 0.4) is 0 Å². The molecule has 8 nitrogen and oxygen atoms in total. The summed E-state index contributed by atoms with van der Waals surface area (Å²) in [7, 11) is 0.760. The van der Waals surface area contributed by atoms with Gasteiger partial charge in [-0.2, -0.15) is 13.2 Å². The molecule has 0 bridgehead atoms. The van der Waals surface area contributed by atoms with E-state index in [0.29, 0.717) is 4.70 Å². The van der Waals surface area contributed by atoms with E-state index in [4.69, 9.17) is 4.74 Å². The number of amides is 1. The molecule has 0 spiro atoms. The van der Waals surface area contributed by atoms with Crippen LogP contribution in [0.15, 0.2) is 18.2 Å². The standard InChI is InChI=1S/C16H16F3N3O5S/c1-4-27-12(24)9-5-6-10-11(7-9)28-14(20-10)22-15(13(25)26-3,16(17,18)19)21-8(2)23/h5-7H,4H2,1-3H3,(H,20,22)(H,21,23)/t15-/m0/s1. The molecule has 152 valence electrons. The van der Waals surface area contributed by atoms with Crippen molar-refractivity contribution in [3.63, 3.8) is 0 Å². The number of fused-ring (bicyclic) bond motifs is 1. The van der Waals surface area contributed by atoms with Crippen LogP contribution in [0.2, 0.25) is 0 Å². The van der Waals surface area contributed by atoms with Gasteiger partial charge in [-0.1, -0.05) is 11.3 Å². The Morgan fingerprint density at radius 3 is 2.46 bits per heavy atom. The summed E-state index contributed by atoms with van der Waals surface area (Å²) in [5, 5.41) is 3.19. The monoisotopic (exact) mass is 419 g/mol. The lowest BCUT2D eigenvalue weighted by atomic mass is 10.1. The average Bonchev–Trinajstić information content (AvgIpc) is 3.00. The summed E-state index contributed by atoms with van der Waals surface area (Å²) in [6, 6.07) is 4.24. The summed E-state index contributed by atoms with van der Waals surface area (Å²) in [5.41, 5.74) is -3.04. The molecule has 1 heterocycles. The minimum absolute atomic E-state index is 0.163. The lowest BCUT2D eigenvalue weighted by molar-refractivity contribution is -0.206. The van der Waals surface area contributed by atoms with Gasteiger partial charge in [0.05, 0.1) is 29.5 Å². The molecule has 1 amide bonds. The Morgan fingerprint density at radius 1 is 1.25 bits per heavy atom. The second-order valence-corrected chi connectivity index (χ2v) is 6.50. The van der Waals surface area contributed by atoms with E-state index in [2.05, 4.69) is 9.72 Å². The Hall–Kier alpha value is -2.89. The summed E-state index contributed by atoms with van der Waals surface area (Å²) in [6.07, 6.45) is -5.24. The highest BCUT2D eigenvalue weighted by atomic mass is 32.1. The van der Waals surface area contributed by atoms with Crippen LogP contribution in [0.1, 0.15) is 24.2 Å². The topological polar surface area (TPSA) is 107 Å². The smallest absolute Gasteiger partial charge is 0.442 e. The Morgan fingerprint density at radius 2 is 1.93 bits per heavy atom. The van der Waals surface area contributed by atoms with Crippen LogP contribution in [0.5, 0.6) is 0 Å². The minimum Gasteiger partial charge on any atom is -0.466 e. The van der Waals surface area contributed by atoms with Crippen LogP contribution < -0.4 is 10.6 Å². The molecule has 0 unspecified atom stereocenters. The Kier molecular flexibility index (Phi) is 6.12. The molecule has 0 saturated heterocycles. The van der Waals surface area contributed by atoms with Crippen molar-refractivity contribution in [1.29, 1.82) is 0 Å². The highest BCUT2D eigenvalue weighted by molar-refractivity contribution is 7.22. The van der Waals surface area contributed by atoms with E-state index in [0.717, 1.165) is 25.4 Å². The van der Waals surface area contributed by atoms with Crippen LogP contribution in [0, 0.1) is 0 Å². The zero-order valence-corrected chi connectivity index (χ0v) is 15.8. The maximum atomic E-state index is 13.7. The molecule has 0 saturated carbocycles. The Labute approximate surface area is 161 Å². The first-order valence-electron chi connectivity index (χ1n) is 7.84. The van der Waals surface area contributed by atoms with Crippen molar-refractivity contribution in [1.82, 2.24) is 10.3 Å². The highest BCUT2D eigenvalue weighted by Gasteiger charge is 2.63. The number of hydrogen-bond donors (Lipinski definition) is 2. The number of ether oxygens (including phenoxy) is 2. The maximum Gasteiger partial charge on any atom is 0.442 e. The molecule has 1 atom stereocenters. The number of aromatic nitrogens is 1. The zero-order chi connectivity index (χ0) is 21.1. The van der Waals surface area contributed by atoms with E-state index in [1.54, 1.807) is 12.2 Å². The molecular formula is C16H16F3N3O5S. The zero-order valence-electron chi connectivity index (χ0n) is 15.0. The van der Waals surface area contributed by atoms with Gasteiger partial charge in [-0.05, 0) is 25.1 Å². The van der Waals surface area contributed by atoms with Crippen molar-refractivity contribution in [2.24, 2.45) is 0 Å². The lowest BCUT2D eigenvalue weighted by Crippen LogP contribution is -2.69. The molecule has 0 radical (unpaired) electrons. The van der Waals surface area contributed by atoms with Crippen LogP contribution in [-0.2, 0) is 19.1 Å². The number of nitrogens with one attached hydrogen (secondary N) is 2. The SMILES string of the molecule is CCOC(=O)c1ccc2nc(N[C@@](NC(C)=O)(C(=O)OC)C(F)(F)F)sc2c1. The van der Waals surface area contributed by atoms with Crippen molar-refractivity contribution in [2.75, 3.05) is 19.0 Å². The summed E-state index contributed by atoms with van der Waals surface area (Å²) in [4.78, 5) is 39.1. The first kappa shape index (κ1) is 21.4. The van der Waals surface area contributed by atoms with Crippen molar-refractivity contribution in [3.05, 3.63) is 23.8 Å². The number of nitrogens with zero attached hydrogens (tertiary/aromatic N) is 1. The number of benzene rings is 1. The largest absolute Gasteiger partial charge is 0.466 e. The number of halogens is 3. The molecular weight excluding hydrogens is 403 g/mol. The van der Waals surface area contributed by atoms with Crippen molar-refractivity contribution >= 4 is 44.5 Å². The molecule has 2 N–H and O–H groups in total. The molecule has 0 aliphatic heterocycles. The van der Waals surface area contributed by atoms with E-state index in [-0.39, 0.29) is 22.8 Å². The fourth-order valence-electron chi connectivity index (χ4n) is 2.29. The summed E-state index contributed by atoms with van der Waals surface area (Å²) in [5.74, 6) is -3.47. The van der Waals surface area contributed by atoms with Gasteiger partial charge in [0.15, 0.2) is 5.13 Å². The average molecular weight is 419 g/mol. The summed E-state index contributed by atoms with van der Waals surface area (Å²) in [6.45, 7) is 2.63. The number of anilines is 1. The normalized spacial score (nSPS) is 13.5. The van der Waals surface area contributed by atoms with Gasteiger partial charge in [-0.25, -0.2) is 14.6 Å². The van der Waals surface area contributed by atoms with Gasteiger partial charge in [-0.15, -0.1) is 0 Å². The van der Waals surface area contributed by atoms with E-state index in [1.165, 1.54) is 18.2 Å². The number of esters is 2. The second-order valence-electron chi connectivity index (χ2n) is 5.47. The third-order valence-corrected chi connectivity index (χ3v) is 4.41. The predicted molar refractivity (Wildman–Crippen MR) is 93.8 cm³/mol.